The Morgan fingerprint density at radius 3 is 2.71 bits per heavy atom. The third kappa shape index (κ3) is 6.20. The highest BCUT2D eigenvalue weighted by Crippen LogP contribution is 2.12. The van der Waals surface area contributed by atoms with Gasteiger partial charge < -0.3 is 15.2 Å². The van der Waals surface area contributed by atoms with Crippen LogP contribution in [0.4, 0.5) is 4.39 Å². The Morgan fingerprint density at radius 1 is 1.33 bits per heavy atom. The summed E-state index contributed by atoms with van der Waals surface area (Å²) in [5.74, 6) is -0.543. The maximum atomic E-state index is 13.4. The van der Waals surface area contributed by atoms with Gasteiger partial charge in [0.15, 0.2) is 0 Å². The highest BCUT2D eigenvalue weighted by molar-refractivity contribution is 5.69. The first kappa shape index (κ1) is 17.6. The summed E-state index contributed by atoms with van der Waals surface area (Å²) in [5.41, 5.74) is 6.96. The van der Waals surface area contributed by atoms with Gasteiger partial charge in [-0.1, -0.05) is 12.1 Å². The van der Waals surface area contributed by atoms with Crippen LogP contribution in [-0.4, -0.2) is 44.8 Å². The Hall–Kier alpha value is -1.50. The highest BCUT2D eigenvalue weighted by Gasteiger charge is 2.10. The lowest BCUT2D eigenvalue weighted by molar-refractivity contribution is -0.141. The summed E-state index contributed by atoms with van der Waals surface area (Å²) in [4.78, 5) is 13.3. The molecule has 0 aliphatic rings. The normalized spacial score (nSPS) is 10.9. The van der Waals surface area contributed by atoms with Crippen molar-refractivity contribution >= 4 is 5.97 Å². The van der Waals surface area contributed by atoms with Gasteiger partial charge in [0, 0.05) is 38.9 Å². The smallest absolute Gasteiger partial charge is 0.306 e. The summed E-state index contributed by atoms with van der Waals surface area (Å²) in [6.07, 6.45) is 0.311. The Morgan fingerprint density at radius 2 is 2.10 bits per heavy atom. The fraction of sp³-hybridized carbons (Fsp3) is 0.533. The number of carbonyl (C=O) groups excluding carboxylic acids is 1. The number of esters is 1. The van der Waals surface area contributed by atoms with Crippen LogP contribution in [0, 0.1) is 5.82 Å². The number of rotatable bonds is 9. The first-order valence-corrected chi connectivity index (χ1v) is 6.86. The fourth-order valence-corrected chi connectivity index (χ4v) is 1.98. The van der Waals surface area contributed by atoms with E-state index in [1.54, 1.807) is 19.2 Å². The van der Waals surface area contributed by atoms with Crippen molar-refractivity contribution in [3.05, 3.63) is 35.1 Å². The number of benzene rings is 1. The standard InChI is InChI=1S/C15H23FN2O3/c1-20-8-7-18(6-5-15(19)21-2)11-12-3-4-14(16)13(9-12)10-17/h3-4,9H,5-8,10-11,17H2,1-2H3. The van der Waals surface area contributed by atoms with Gasteiger partial charge in [0.2, 0.25) is 0 Å². The molecule has 0 atom stereocenters. The Balaban J connectivity index is 2.68. The maximum absolute atomic E-state index is 13.4. The molecule has 1 aromatic carbocycles. The van der Waals surface area contributed by atoms with Gasteiger partial charge >= 0.3 is 5.97 Å². The number of nitrogens with zero attached hydrogens (tertiary/aromatic N) is 1. The molecule has 0 aliphatic carbocycles. The topological polar surface area (TPSA) is 64.8 Å². The SMILES string of the molecule is COCCN(CCC(=O)OC)Cc1ccc(F)c(CN)c1. The molecule has 5 nitrogen and oxygen atoms in total. The molecule has 0 bridgehead atoms. The molecule has 1 rings (SSSR count). The van der Waals surface area contributed by atoms with E-state index < -0.39 is 0 Å². The lowest BCUT2D eigenvalue weighted by Crippen LogP contribution is -2.29. The zero-order chi connectivity index (χ0) is 15.7. The summed E-state index contributed by atoms with van der Waals surface area (Å²) < 4.78 is 23.1. The number of carbonyl (C=O) groups is 1. The van der Waals surface area contributed by atoms with Crippen LogP contribution in [0.15, 0.2) is 18.2 Å². The molecular formula is C15H23FN2O3. The highest BCUT2D eigenvalue weighted by atomic mass is 19.1. The zero-order valence-corrected chi connectivity index (χ0v) is 12.6. The molecule has 0 aliphatic heterocycles. The van der Waals surface area contributed by atoms with Crippen molar-refractivity contribution in [3.63, 3.8) is 0 Å². The Kier molecular flexibility index (Phi) is 7.89. The van der Waals surface area contributed by atoms with E-state index in [2.05, 4.69) is 9.64 Å². The van der Waals surface area contributed by atoms with Gasteiger partial charge in [0.25, 0.3) is 0 Å². The van der Waals surface area contributed by atoms with Crippen LogP contribution in [-0.2, 0) is 27.4 Å². The largest absolute Gasteiger partial charge is 0.469 e. The lowest BCUT2D eigenvalue weighted by atomic mass is 10.1. The molecule has 1 aromatic rings. The first-order chi connectivity index (χ1) is 10.1. The molecule has 6 heteroatoms. The number of ether oxygens (including phenoxy) is 2. The van der Waals surface area contributed by atoms with Crippen LogP contribution < -0.4 is 5.73 Å². The molecule has 0 saturated carbocycles. The molecule has 0 amide bonds. The molecule has 0 spiro atoms. The van der Waals surface area contributed by atoms with Crippen LogP contribution in [0.3, 0.4) is 0 Å². The van der Waals surface area contributed by atoms with Crippen molar-refractivity contribution < 1.29 is 18.7 Å². The number of hydrogen-bond donors (Lipinski definition) is 1. The van der Waals surface area contributed by atoms with Crippen LogP contribution in [0.2, 0.25) is 0 Å². The van der Waals surface area contributed by atoms with E-state index >= 15 is 0 Å². The number of methoxy groups -OCH3 is 2. The minimum atomic E-state index is -0.292. The minimum Gasteiger partial charge on any atom is -0.469 e. The monoisotopic (exact) mass is 298 g/mol. The summed E-state index contributed by atoms with van der Waals surface area (Å²) in [6.45, 7) is 2.58. The maximum Gasteiger partial charge on any atom is 0.306 e. The van der Waals surface area contributed by atoms with Gasteiger partial charge in [-0.3, -0.25) is 9.69 Å². The van der Waals surface area contributed by atoms with Crippen LogP contribution >= 0.6 is 0 Å². The molecule has 21 heavy (non-hydrogen) atoms. The molecule has 0 heterocycles. The molecule has 0 unspecified atom stereocenters. The molecule has 2 N–H and O–H groups in total. The quantitative estimate of drug-likeness (QED) is 0.696. The second-order valence-corrected chi connectivity index (χ2v) is 4.72. The molecule has 0 aromatic heterocycles. The number of halogens is 1. The van der Waals surface area contributed by atoms with Gasteiger partial charge in [0.1, 0.15) is 5.82 Å². The van der Waals surface area contributed by atoms with E-state index in [9.17, 15) is 9.18 Å². The van der Waals surface area contributed by atoms with Gasteiger partial charge in [-0.05, 0) is 11.6 Å². The average molecular weight is 298 g/mol. The van der Waals surface area contributed by atoms with Gasteiger partial charge in [-0.2, -0.15) is 0 Å². The zero-order valence-electron chi connectivity index (χ0n) is 12.6. The molecular weight excluding hydrogens is 275 g/mol. The fourth-order valence-electron chi connectivity index (χ4n) is 1.98. The summed E-state index contributed by atoms with van der Waals surface area (Å²) in [5, 5.41) is 0. The van der Waals surface area contributed by atoms with Crippen molar-refractivity contribution in [2.45, 2.75) is 19.5 Å². The predicted molar refractivity (Wildman–Crippen MR) is 78.1 cm³/mol. The van der Waals surface area contributed by atoms with E-state index in [4.69, 9.17) is 10.5 Å². The number of nitrogens with two attached hydrogens (primary N) is 1. The summed E-state index contributed by atoms with van der Waals surface area (Å²) in [6, 6.07) is 4.91. The second kappa shape index (κ2) is 9.44. The van der Waals surface area contributed by atoms with Crippen molar-refractivity contribution in [1.82, 2.24) is 4.90 Å². The summed E-state index contributed by atoms with van der Waals surface area (Å²) >= 11 is 0. The van der Waals surface area contributed by atoms with Crippen molar-refractivity contribution in [2.24, 2.45) is 5.73 Å². The third-order valence-corrected chi connectivity index (χ3v) is 3.21. The average Bonchev–Trinajstić information content (AvgIpc) is 2.51. The van der Waals surface area contributed by atoms with E-state index in [1.165, 1.54) is 13.2 Å². The Bertz CT molecular complexity index is 455. The third-order valence-electron chi connectivity index (χ3n) is 3.21. The van der Waals surface area contributed by atoms with Gasteiger partial charge in [0.05, 0.1) is 20.1 Å². The van der Waals surface area contributed by atoms with Crippen LogP contribution in [0.5, 0.6) is 0 Å². The van der Waals surface area contributed by atoms with Crippen LogP contribution in [0.25, 0.3) is 0 Å². The van der Waals surface area contributed by atoms with Gasteiger partial charge in [-0.25, -0.2) is 4.39 Å². The molecule has 0 saturated heterocycles. The van der Waals surface area contributed by atoms with E-state index in [-0.39, 0.29) is 18.3 Å². The summed E-state index contributed by atoms with van der Waals surface area (Å²) in [7, 11) is 3.00. The predicted octanol–water partition coefficient (Wildman–Crippen LogP) is 1.30. The molecule has 118 valence electrons. The van der Waals surface area contributed by atoms with Gasteiger partial charge in [-0.15, -0.1) is 0 Å². The Labute approximate surface area is 124 Å². The lowest BCUT2D eigenvalue weighted by Gasteiger charge is -2.22. The first-order valence-electron chi connectivity index (χ1n) is 6.86. The second-order valence-electron chi connectivity index (χ2n) is 4.72. The van der Waals surface area contributed by atoms with E-state index in [0.717, 1.165) is 5.56 Å². The van der Waals surface area contributed by atoms with Crippen molar-refractivity contribution in [1.29, 1.82) is 0 Å². The number of hydrogen-bond acceptors (Lipinski definition) is 5. The van der Waals surface area contributed by atoms with E-state index in [1.807, 2.05) is 0 Å². The van der Waals surface area contributed by atoms with E-state index in [0.29, 0.717) is 38.2 Å². The molecule has 0 fully saturated rings. The van der Waals surface area contributed by atoms with Crippen LogP contribution in [0.1, 0.15) is 17.5 Å². The molecule has 0 radical (unpaired) electrons. The van der Waals surface area contributed by atoms with Crippen molar-refractivity contribution in [2.75, 3.05) is 33.9 Å². The van der Waals surface area contributed by atoms with Crippen molar-refractivity contribution in [3.8, 4) is 0 Å². The minimum absolute atomic E-state index is 0.167.